The first-order chi connectivity index (χ1) is 15.7. The number of aromatic nitrogens is 2. The zero-order valence-corrected chi connectivity index (χ0v) is 18.9. The van der Waals surface area contributed by atoms with E-state index in [1.54, 1.807) is 35.9 Å². The van der Waals surface area contributed by atoms with E-state index in [0.717, 1.165) is 32.9 Å². The third-order valence-electron chi connectivity index (χ3n) is 5.13. The van der Waals surface area contributed by atoms with Crippen LogP contribution < -0.4 is 4.74 Å². The van der Waals surface area contributed by atoms with Crippen LogP contribution in [0.4, 0.5) is 0 Å². The number of nitrogens with zero attached hydrogens (tertiary/aromatic N) is 4. The molecule has 1 aliphatic heterocycles. The molecule has 0 saturated heterocycles. The van der Waals surface area contributed by atoms with Gasteiger partial charge in [-0.05, 0) is 47.8 Å². The number of amides is 1. The maximum absolute atomic E-state index is 13.2. The number of methoxy groups -OCH3 is 1. The number of hydrogen-bond donors (Lipinski definition) is 0. The first-order valence-electron chi connectivity index (χ1n) is 10.0. The Kier molecular flexibility index (Phi) is 5.83. The highest BCUT2D eigenvalue weighted by Crippen LogP contribution is 2.35. The quantitative estimate of drug-likeness (QED) is 0.360. The normalized spacial score (nSPS) is 15.7. The van der Waals surface area contributed by atoms with Gasteiger partial charge < -0.3 is 9.15 Å². The molecular formula is C23H20N4O3S2. The molecule has 9 heteroatoms. The summed E-state index contributed by atoms with van der Waals surface area (Å²) in [6.45, 7) is 0. The van der Waals surface area contributed by atoms with Crippen LogP contribution in [-0.2, 0) is 4.79 Å². The molecule has 0 spiro atoms. The van der Waals surface area contributed by atoms with E-state index in [0.29, 0.717) is 6.42 Å². The van der Waals surface area contributed by atoms with Gasteiger partial charge in [0.2, 0.25) is 0 Å². The predicted octanol–water partition coefficient (Wildman–Crippen LogP) is 5.01. The number of thiophene rings is 1. The smallest absolute Gasteiger partial charge is 0.253 e. The monoisotopic (exact) mass is 464 g/mol. The van der Waals surface area contributed by atoms with Gasteiger partial charge in [-0.15, -0.1) is 11.3 Å². The van der Waals surface area contributed by atoms with Crippen LogP contribution in [0.3, 0.4) is 0 Å². The molecule has 1 amide bonds. The number of carbonyl (C=O) groups is 1. The van der Waals surface area contributed by atoms with Gasteiger partial charge in [0.15, 0.2) is 5.16 Å². The van der Waals surface area contributed by atoms with E-state index in [9.17, 15) is 4.79 Å². The summed E-state index contributed by atoms with van der Waals surface area (Å²) in [5, 5.41) is 8.97. The Morgan fingerprint density at radius 2 is 2.12 bits per heavy atom. The fourth-order valence-electron chi connectivity index (χ4n) is 3.56. The summed E-state index contributed by atoms with van der Waals surface area (Å²) in [7, 11) is 1.64. The van der Waals surface area contributed by atoms with Crippen LogP contribution in [0.2, 0.25) is 0 Å². The van der Waals surface area contributed by atoms with Crippen molar-refractivity contribution in [3.05, 3.63) is 83.2 Å². The molecule has 0 bridgehead atoms. The molecule has 0 radical (unpaired) electrons. The second-order valence-electron chi connectivity index (χ2n) is 7.06. The summed E-state index contributed by atoms with van der Waals surface area (Å²) in [4.78, 5) is 18.7. The van der Waals surface area contributed by atoms with Gasteiger partial charge in [0.25, 0.3) is 5.91 Å². The van der Waals surface area contributed by atoms with Gasteiger partial charge in [-0.2, -0.15) is 5.10 Å². The molecule has 0 saturated carbocycles. The molecule has 162 valence electrons. The largest absolute Gasteiger partial charge is 0.497 e. The molecule has 32 heavy (non-hydrogen) atoms. The van der Waals surface area contributed by atoms with Gasteiger partial charge in [0, 0.05) is 24.5 Å². The first-order valence-corrected chi connectivity index (χ1v) is 11.9. The molecule has 0 aliphatic carbocycles. The van der Waals surface area contributed by atoms with E-state index in [2.05, 4.69) is 10.1 Å². The lowest BCUT2D eigenvalue weighted by Gasteiger charge is -2.19. The van der Waals surface area contributed by atoms with Crippen LogP contribution in [0.25, 0.3) is 5.69 Å². The fourth-order valence-corrected chi connectivity index (χ4v) is 5.11. The number of thioether (sulfide) groups is 1. The zero-order valence-electron chi connectivity index (χ0n) is 17.2. The van der Waals surface area contributed by atoms with Crippen LogP contribution in [0.5, 0.6) is 5.75 Å². The minimum absolute atomic E-state index is 0.0905. The Balaban J connectivity index is 1.33. The average Bonchev–Trinajstić information content (AvgIpc) is 3.63. The maximum atomic E-state index is 13.2. The summed E-state index contributed by atoms with van der Waals surface area (Å²) in [6.07, 6.45) is 5.86. The molecule has 3 aromatic heterocycles. The number of imidazole rings is 1. The van der Waals surface area contributed by atoms with E-state index >= 15 is 0 Å². The van der Waals surface area contributed by atoms with Gasteiger partial charge in [-0.1, -0.05) is 17.8 Å². The van der Waals surface area contributed by atoms with E-state index in [-0.39, 0.29) is 17.7 Å². The van der Waals surface area contributed by atoms with Crippen molar-refractivity contribution in [2.24, 2.45) is 5.10 Å². The lowest BCUT2D eigenvalue weighted by molar-refractivity contribution is -0.130. The van der Waals surface area contributed by atoms with Crippen molar-refractivity contribution in [2.75, 3.05) is 12.9 Å². The highest BCUT2D eigenvalue weighted by Gasteiger charge is 2.35. The van der Waals surface area contributed by atoms with Crippen molar-refractivity contribution in [2.45, 2.75) is 17.6 Å². The average molecular weight is 465 g/mol. The number of hydrogen-bond acceptors (Lipinski definition) is 7. The molecule has 5 rings (SSSR count). The Morgan fingerprint density at radius 3 is 2.84 bits per heavy atom. The number of ether oxygens (including phenoxy) is 1. The molecule has 0 N–H and O–H groups in total. The molecule has 1 aromatic carbocycles. The molecule has 1 unspecified atom stereocenters. The molecule has 7 nitrogen and oxygen atoms in total. The van der Waals surface area contributed by atoms with E-state index < -0.39 is 0 Å². The Labute approximate surface area is 193 Å². The van der Waals surface area contributed by atoms with E-state index in [1.807, 2.05) is 64.7 Å². The summed E-state index contributed by atoms with van der Waals surface area (Å²) in [5.41, 5.74) is 1.85. The fraction of sp³-hybridized carbons (Fsp3) is 0.174. The Morgan fingerprint density at radius 1 is 1.25 bits per heavy atom. The van der Waals surface area contributed by atoms with E-state index in [4.69, 9.17) is 9.15 Å². The zero-order chi connectivity index (χ0) is 21.9. The van der Waals surface area contributed by atoms with Gasteiger partial charge in [-0.25, -0.2) is 9.99 Å². The SMILES string of the molecule is COc1ccc(-n2ccnc2SCC(=O)N2N=C(c3cccs3)CC2c2ccco2)cc1. The van der Waals surface area contributed by atoms with Crippen LogP contribution in [-0.4, -0.2) is 39.0 Å². The number of rotatable bonds is 7. The number of furan rings is 1. The number of carbonyl (C=O) groups excluding carboxylic acids is 1. The topological polar surface area (TPSA) is 72.9 Å². The van der Waals surface area contributed by atoms with Crippen molar-refractivity contribution in [1.29, 1.82) is 0 Å². The second kappa shape index (κ2) is 9.05. The summed E-state index contributed by atoms with van der Waals surface area (Å²) in [6, 6.07) is 15.2. The second-order valence-corrected chi connectivity index (χ2v) is 8.95. The van der Waals surface area contributed by atoms with Crippen LogP contribution in [0.1, 0.15) is 23.1 Å². The van der Waals surface area contributed by atoms with Gasteiger partial charge in [0.1, 0.15) is 17.6 Å². The highest BCUT2D eigenvalue weighted by molar-refractivity contribution is 7.99. The van der Waals surface area contributed by atoms with Crippen LogP contribution >= 0.6 is 23.1 Å². The Bertz CT molecular complexity index is 1210. The predicted molar refractivity (Wildman–Crippen MR) is 125 cm³/mol. The third kappa shape index (κ3) is 4.09. The summed E-state index contributed by atoms with van der Waals surface area (Å²) in [5.74, 6) is 1.65. The van der Waals surface area contributed by atoms with Crippen LogP contribution in [0, 0.1) is 0 Å². The lowest BCUT2D eigenvalue weighted by atomic mass is 10.1. The third-order valence-corrected chi connectivity index (χ3v) is 7.00. The molecule has 4 heterocycles. The van der Waals surface area contributed by atoms with Gasteiger partial charge >= 0.3 is 0 Å². The van der Waals surface area contributed by atoms with Crippen LogP contribution in [0.15, 0.2) is 87.2 Å². The molecule has 1 aliphatic rings. The van der Waals surface area contributed by atoms with E-state index in [1.165, 1.54) is 11.8 Å². The minimum Gasteiger partial charge on any atom is -0.497 e. The van der Waals surface area contributed by atoms with Crippen molar-refractivity contribution in [1.82, 2.24) is 14.6 Å². The standard InChI is InChI=1S/C23H20N4O3S2/c1-29-17-8-6-16(7-9-17)26-11-10-24-23(26)32-15-22(28)27-19(20-4-2-12-30-20)14-18(25-27)21-5-3-13-31-21/h2-13,19H,14-15H2,1H3. The van der Waals surface area contributed by atoms with Crippen molar-refractivity contribution < 1.29 is 13.9 Å². The minimum atomic E-state index is -0.239. The lowest BCUT2D eigenvalue weighted by Crippen LogP contribution is -2.28. The van der Waals surface area contributed by atoms with Crippen molar-refractivity contribution >= 4 is 34.7 Å². The molecular weight excluding hydrogens is 444 g/mol. The first kappa shape index (κ1) is 20.6. The summed E-state index contributed by atoms with van der Waals surface area (Å²) < 4.78 is 12.8. The summed E-state index contributed by atoms with van der Waals surface area (Å²) >= 11 is 3.00. The van der Waals surface area contributed by atoms with Gasteiger partial charge in [0.05, 0.1) is 29.7 Å². The maximum Gasteiger partial charge on any atom is 0.253 e. The Hall–Kier alpha value is -3.30. The molecule has 1 atom stereocenters. The number of hydrazone groups is 1. The van der Waals surface area contributed by atoms with Crippen molar-refractivity contribution in [3.63, 3.8) is 0 Å². The van der Waals surface area contributed by atoms with Crippen molar-refractivity contribution in [3.8, 4) is 11.4 Å². The molecule has 0 fully saturated rings. The highest BCUT2D eigenvalue weighted by atomic mass is 32.2. The molecule has 4 aromatic rings. The van der Waals surface area contributed by atoms with Gasteiger partial charge in [-0.3, -0.25) is 9.36 Å². The number of benzene rings is 1.